The molecule has 0 atom stereocenters. The van der Waals surface area contributed by atoms with Crippen LogP contribution in [-0.4, -0.2) is 4.98 Å². The molecule has 0 amide bonds. The van der Waals surface area contributed by atoms with Crippen molar-refractivity contribution >= 4 is 5.69 Å². The fourth-order valence-corrected chi connectivity index (χ4v) is 1.72. The molecule has 1 aromatic heterocycles. The number of benzene rings is 1. The van der Waals surface area contributed by atoms with E-state index in [1.54, 1.807) is 0 Å². The van der Waals surface area contributed by atoms with Gasteiger partial charge in [-0.15, -0.1) is 0 Å². The van der Waals surface area contributed by atoms with E-state index in [4.69, 9.17) is 5.73 Å². The zero-order valence-electron chi connectivity index (χ0n) is 8.99. The first-order valence-corrected chi connectivity index (χ1v) is 4.96. The van der Waals surface area contributed by atoms with Crippen LogP contribution in [0.2, 0.25) is 0 Å². The quantitative estimate of drug-likeness (QED) is 0.715. The van der Waals surface area contributed by atoms with Crippen molar-refractivity contribution < 1.29 is 0 Å². The highest BCUT2D eigenvalue weighted by Gasteiger charge is 2.02. The van der Waals surface area contributed by atoms with Crippen molar-refractivity contribution in [2.45, 2.75) is 13.8 Å². The minimum absolute atomic E-state index is 0.807. The zero-order chi connectivity index (χ0) is 10.8. The molecule has 0 spiro atoms. The van der Waals surface area contributed by atoms with Gasteiger partial charge in [0.05, 0.1) is 0 Å². The lowest BCUT2D eigenvalue weighted by Gasteiger charge is -2.07. The van der Waals surface area contributed by atoms with Crippen molar-refractivity contribution in [1.29, 1.82) is 0 Å². The number of rotatable bonds is 1. The van der Waals surface area contributed by atoms with Crippen LogP contribution in [0.25, 0.3) is 11.1 Å². The summed E-state index contributed by atoms with van der Waals surface area (Å²) in [5.74, 6) is 0. The Morgan fingerprint density at radius 2 is 1.87 bits per heavy atom. The van der Waals surface area contributed by atoms with Crippen molar-refractivity contribution in [1.82, 2.24) is 4.98 Å². The van der Waals surface area contributed by atoms with Gasteiger partial charge in [0.15, 0.2) is 0 Å². The van der Waals surface area contributed by atoms with E-state index in [1.807, 2.05) is 31.3 Å². The largest absolute Gasteiger partial charge is 0.399 e. The number of nitrogens with zero attached hydrogens (tertiary/aromatic N) is 1. The average molecular weight is 198 g/mol. The zero-order valence-corrected chi connectivity index (χ0v) is 8.99. The second kappa shape index (κ2) is 3.73. The Labute approximate surface area is 89.8 Å². The molecular formula is C13H14N2. The summed E-state index contributed by atoms with van der Waals surface area (Å²) in [5, 5.41) is 0. The lowest BCUT2D eigenvalue weighted by atomic mass is 10.0. The highest BCUT2D eigenvalue weighted by atomic mass is 14.6. The smallest absolute Gasteiger partial charge is 0.0378 e. The first-order valence-electron chi connectivity index (χ1n) is 4.96. The third-order valence-electron chi connectivity index (χ3n) is 2.46. The molecule has 0 bridgehead atoms. The SMILES string of the molecule is Cc1cc(-c2ccc(N)cc2C)ccn1. The molecule has 0 aliphatic rings. The van der Waals surface area contributed by atoms with Crippen LogP contribution in [0.1, 0.15) is 11.3 Å². The molecule has 2 aromatic rings. The maximum atomic E-state index is 5.72. The van der Waals surface area contributed by atoms with Gasteiger partial charge in [0.1, 0.15) is 0 Å². The number of pyridine rings is 1. The Morgan fingerprint density at radius 3 is 2.53 bits per heavy atom. The Balaban J connectivity index is 2.54. The summed E-state index contributed by atoms with van der Waals surface area (Å²) in [6.45, 7) is 4.07. The monoisotopic (exact) mass is 198 g/mol. The highest BCUT2D eigenvalue weighted by molar-refractivity contribution is 5.69. The predicted molar refractivity (Wildman–Crippen MR) is 63.6 cm³/mol. The summed E-state index contributed by atoms with van der Waals surface area (Å²) in [6, 6.07) is 10.1. The van der Waals surface area contributed by atoms with Crippen LogP contribution < -0.4 is 5.73 Å². The normalized spacial score (nSPS) is 10.3. The number of nitrogens with two attached hydrogens (primary N) is 1. The minimum Gasteiger partial charge on any atom is -0.399 e. The fourth-order valence-electron chi connectivity index (χ4n) is 1.72. The van der Waals surface area contributed by atoms with Crippen LogP contribution >= 0.6 is 0 Å². The summed E-state index contributed by atoms with van der Waals surface area (Å²) >= 11 is 0. The van der Waals surface area contributed by atoms with Gasteiger partial charge in [0, 0.05) is 17.6 Å². The van der Waals surface area contributed by atoms with Crippen LogP contribution in [0.4, 0.5) is 5.69 Å². The van der Waals surface area contributed by atoms with Crippen molar-refractivity contribution in [3.63, 3.8) is 0 Å². The molecule has 0 saturated carbocycles. The summed E-state index contributed by atoms with van der Waals surface area (Å²) in [7, 11) is 0. The Bertz CT molecular complexity index is 490. The summed E-state index contributed by atoms with van der Waals surface area (Å²) < 4.78 is 0. The summed E-state index contributed by atoms with van der Waals surface area (Å²) in [6.07, 6.45) is 1.83. The molecule has 2 heteroatoms. The van der Waals surface area contributed by atoms with Gasteiger partial charge in [-0.25, -0.2) is 0 Å². The Hall–Kier alpha value is -1.83. The lowest BCUT2D eigenvalue weighted by Crippen LogP contribution is -1.89. The summed E-state index contributed by atoms with van der Waals surface area (Å²) in [4.78, 5) is 4.19. The molecule has 0 aliphatic heterocycles. The van der Waals surface area contributed by atoms with E-state index in [-0.39, 0.29) is 0 Å². The first kappa shape index (κ1) is 9.71. The molecule has 0 saturated heterocycles. The molecule has 2 rings (SSSR count). The molecule has 0 aliphatic carbocycles. The van der Waals surface area contributed by atoms with Gasteiger partial charge in [-0.3, -0.25) is 4.98 Å². The third kappa shape index (κ3) is 1.99. The topological polar surface area (TPSA) is 38.9 Å². The Morgan fingerprint density at radius 1 is 1.07 bits per heavy atom. The molecule has 2 N–H and O–H groups in total. The number of aromatic nitrogens is 1. The molecule has 1 heterocycles. The van der Waals surface area contributed by atoms with Gasteiger partial charge < -0.3 is 5.73 Å². The molecule has 76 valence electrons. The average Bonchev–Trinajstić information content (AvgIpc) is 2.17. The third-order valence-corrected chi connectivity index (χ3v) is 2.46. The van der Waals surface area contributed by atoms with E-state index < -0.39 is 0 Å². The number of anilines is 1. The summed E-state index contributed by atoms with van der Waals surface area (Å²) in [5.41, 5.74) is 11.2. The predicted octanol–water partition coefficient (Wildman–Crippen LogP) is 2.95. The number of hydrogen-bond donors (Lipinski definition) is 1. The molecular weight excluding hydrogens is 184 g/mol. The Kier molecular flexibility index (Phi) is 2.42. The minimum atomic E-state index is 0.807. The van der Waals surface area contributed by atoms with Gasteiger partial charge in [0.2, 0.25) is 0 Å². The molecule has 0 radical (unpaired) electrons. The fraction of sp³-hybridized carbons (Fsp3) is 0.154. The molecule has 15 heavy (non-hydrogen) atoms. The number of nitrogen functional groups attached to an aromatic ring is 1. The second-order valence-electron chi connectivity index (χ2n) is 3.76. The van der Waals surface area contributed by atoms with Gasteiger partial charge in [-0.1, -0.05) is 6.07 Å². The van der Waals surface area contributed by atoms with E-state index in [0.717, 1.165) is 11.4 Å². The standard InChI is InChI=1S/C13H14N2/c1-9-7-12(14)3-4-13(9)11-5-6-15-10(2)8-11/h3-8H,14H2,1-2H3. The van der Waals surface area contributed by atoms with E-state index in [2.05, 4.69) is 24.0 Å². The maximum absolute atomic E-state index is 5.72. The van der Waals surface area contributed by atoms with Crippen molar-refractivity contribution in [3.8, 4) is 11.1 Å². The van der Waals surface area contributed by atoms with Gasteiger partial charge in [-0.05, 0) is 54.8 Å². The van der Waals surface area contributed by atoms with E-state index >= 15 is 0 Å². The van der Waals surface area contributed by atoms with Crippen LogP contribution in [0.3, 0.4) is 0 Å². The number of aryl methyl sites for hydroxylation is 2. The van der Waals surface area contributed by atoms with E-state index in [1.165, 1.54) is 16.7 Å². The van der Waals surface area contributed by atoms with Crippen LogP contribution in [0, 0.1) is 13.8 Å². The molecule has 0 fully saturated rings. The van der Waals surface area contributed by atoms with Crippen LogP contribution in [-0.2, 0) is 0 Å². The van der Waals surface area contributed by atoms with Crippen molar-refractivity contribution in [2.75, 3.05) is 5.73 Å². The van der Waals surface area contributed by atoms with Crippen molar-refractivity contribution in [3.05, 3.63) is 47.8 Å². The lowest BCUT2D eigenvalue weighted by molar-refractivity contribution is 1.20. The highest BCUT2D eigenvalue weighted by Crippen LogP contribution is 2.24. The molecule has 2 nitrogen and oxygen atoms in total. The van der Waals surface area contributed by atoms with E-state index in [0.29, 0.717) is 0 Å². The van der Waals surface area contributed by atoms with Crippen LogP contribution in [0.15, 0.2) is 36.5 Å². The second-order valence-corrected chi connectivity index (χ2v) is 3.76. The van der Waals surface area contributed by atoms with Gasteiger partial charge in [-0.2, -0.15) is 0 Å². The number of hydrogen-bond acceptors (Lipinski definition) is 2. The van der Waals surface area contributed by atoms with Crippen LogP contribution in [0.5, 0.6) is 0 Å². The maximum Gasteiger partial charge on any atom is 0.0378 e. The van der Waals surface area contributed by atoms with Gasteiger partial charge >= 0.3 is 0 Å². The van der Waals surface area contributed by atoms with Gasteiger partial charge in [0.25, 0.3) is 0 Å². The molecule has 0 unspecified atom stereocenters. The molecule has 1 aromatic carbocycles. The van der Waals surface area contributed by atoms with Crippen molar-refractivity contribution in [2.24, 2.45) is 0 Å². The van der Waals surface area contributed by atoms with E-state index in [9.17, 15) is 0 Å². The first-order chi connectivity index (χ1) is 7.16.